The summed E-state index contributed by atoms with van der Waals surface area (Å²) in [6.45, 7) is 5.55. The molecule has 2 aromatic heterocycles. The monoisotopic (exact) mass is 600 g/mol. The molecule has 0 saturated heterocycles. The Morgan fingerprint density at radius 2 is 1.79 bits per heavy atom. The summed E-state index contributed by atoms with van der Waals surface area (Å²) in [6.07, 6.45) is 7.17. The quantitative estimate of drug-likeness (QED) is 0.327. The topological polar surface area (TPSA) is 125 Å². The van der Waals surface area contributed by atoms with Crippen molar-refractivity contribution in [3.63, 3.8) is 0 Å². The predicted octanol–water partition coefficient (Wildman–Crippen LogP) is 5.74. The van der Waals surface area contributed by atoms with Crippen molar-refractivity contribution >= 4 is 35.1 Å². The van der Waals surface area contributed by atoms with Crippen molar-refractivity contribution in [2.45, 2.75) is 77.0 Å². The molecule has 2 N–H and O–H groups in total. The van der Waals surface area contributed by atoms with E-state index in [1.54, 1.807) is 55.3 Å². The van der Waals surface area contributed by atoms with E-state index in [1.165, 1.54) is 0 Å². The van der Waals surface area contributed by atoms with Gasteiger partial charge in [-0.25, -0.2) is 4.79 Å². The van der Waals surface area contributed by atoms with Gasteiger partial charge in [0, 0.05) is 11.8 Å². The molecule has 4 aliphatic rings. The van der Waals surface area contributed by atoms with Crippen LogP contribution >= 0.6 is 11.6 Å². The zero-order chi connectivity index (χ0) is 30.3. The normalized spacial score (nSPS) is 22.1. The third kappa shape index (κ3) is 4.93. The minimum absolute atomic E-state index is 0.212. The smallest absolute Gasteiger partial charge is 0.341 e. The number of aromatic nitrogens is 2. The number of anilines is 1. The van der Waals surface area contributed by atoms with Crippen LogP contribution in [0.3, 0.4) is 0 Å². The predicted molar refractivity (Wildman–Crippen MR) is 160 cm³/mol. The van der Waals surface area contributed by atoms with E-state index in [9.17, 15) is 14.4 Å². The molecule has 222 valence electrons. The Kier molecular flexibility index (Phi) is 6.32. The number of fused-ring (bicyclic) bond motifs is 2. The van der Waals surface area contributed by atoms with Crippen LogP contribution in [-0.2, 0) is 28.1 Å². The number of cyclic esters (lactones) is 1. The first-order valence-corrected chi connectivity index (χ1v) is 15.2. The van der Waals surface area contributed by atoms with Gasteiger partial charge in [0.05, 0.1) is 45.5 Å². The second-order valence-corrected chi connectivity index (χ2v) is 13.4. The summed E-state index contributed by atoms with van der Waals surface area (Å²) in [6, 6.07) is 8.85. The van der Waals surface area contributed by atoms with Crippen molar-refractivity contribution < 1.29 is 23.9 Å². The van der Waals surface area contributed by atoms with Crippen molar-refractivity contribution in [1.82, 2.24) is 9.97 Å². The summed E-state index contributed by atoms with van der Waals surface area (Å²) in [5, 5.41) is 0.505. The summed E-state index contributed by atoms with van der Waals surface area (Å²) < 4.78 is 12.3. The van der Waals surface area contributed by atoms with Gasteiger partial charge in [-0.2, -0.15) is 0 Å². The highest BCUT2D eigenvalue weighted by Crippen LogP contribution is 2.51. The Morgan fingerprint density at radius 1 is 1.05 bits per heavy atom. The second-order valence-electron chi connectivity index (χ2n) is 13.0. The van der Waals surface area contributed by atoms with Gasteiger partial charge in [-0.05, 0) is 88.1 Å². The van der Waals surface area contributed by atoms with Gasteiger partial charge >= 0.3 is 5.97 Å². The number of ether oxygens (including phenoxy) is 2. The third-order valence-electron chi connectivity index (χ3n) is 8.87. The number of pyridine rings is 2. The standard InChI is InChI=1S/C33H33ClN4O5/c1-32(2)31(41)38(16-21-10-9-20(34)15-36-21)23-11-8-19(13-24(23)42-32)25-26(29(35)39)22(12-17-4-5-17)37-28-27(25)30(40)43-33(28,3)14-18-6-7-18/h8-11,13,15,17-18H,4-7,12,14,16H2,1-3H3,(H2,35,39). The molecule has 10 heteroatoms. The maximum absolute atomic E-state index is 13.6. The minimum atomic E-state index is -1.18. The van der Waals surface area contributed by atoms with Gasteiger partial charge in [-0.15, -0.1) is 0 Å². The first-order chi connectivity index (χ1) is 20.4. The lowest BCUT2D eigenvalue weighted by Gasteiger charge is -2.39. The Balaban J connectivity index is 1.39. The molecule has 43 heavy (non-hydrogen) atoms. The highest BCUT2D eigenvalue weighted by molar-refractivity contribution is 6.30. The fourth-order valence-electron chi connectivity index (χ4n) is 6.37. The molecule has 4 heterocycles. The lowest BCUT2D eigenvalue weighted by Crippen LogP contribution is -2.52. The minimum Gasteiger partial charge on any atom is -0.476 e. The summed E-state index contributed by atoms with van der Waals surface area (Å²) >= 11 is 6.02. The van der Waals surface area contributed by atoms with Gasteiger partial charge in [-0.1, -0.05) is 30.5 Å². The second kappa shape index (κ2) is 9.77. The number of halogens is 1. The molecule has 2 fully saturated rings. The summed E-state index contributed by atoms with van der Waals surface area (Å²) in [4.78, 5) is 51.2. The van der Waals surface area contributed by atoms with E-state index in [0.717, 1.165) is 25.7 Å². The van der Waals surface area contributed by atoms with Crippen LogP contribution in [0.25, 0.3) is 11.1 Å². The van der Waals surface area contributed by atoms with Crippen LogP contribution in [0, 0.1) is 11.8 Å². The molecule has 2 aliphatic heterocycles. The number of esters is 1. The lowest BCUT2D eigenvalue weighted by atomic mass is 9.86. The first kappa shape index (κ1) is 27.8. The van der Waals surface area contributed by atoms with E-state index >= 15 is 0 Å². The molecule has 2 amide bonds. The molecule has 1 unspecified atom stereocenters. The van der Waals surface area contributed by atoms with Crippen LogP contribution in [0.5, 0.6) is 5.75 Å². The Morgan fingerprint density at radius 3 is 2.44 bits per heavy atom. The molecule has 2 aliphatic carbocycles. The Bertz CT molecular complexity index is 1700. The number of hydrogen-bond acceptors (Lipinski definition) is 7. The van der Waals surface area contributed by atoms with Gasteiger partial charge < -0.3 is 15.2 Å². The molecule has 0 spiro atoms. The SMILES string of the molecule is CC1(C)Oc2cc(-c3c(C(N)=O)c(CC4CC4)nc4c3C(=O)OC4(C)CC3CC3)ccc2N(Cc2ccc(Cl)cn2)C1=O. The maximum Gasteiger partial charge on any atom is 0.341 e. The number of carbonyl (C=O) groups is 3. The van der Waals surface area contributed by atoms with E-state index < -0.39 is 23.1 Å². The molecule has 9 nitrogen and oxygen atoms in total. The third-order valence-corrected chi connectivity index (χ3v) is 9.09. The van der Waals surface area contributed by atoms with Gasteiger partial charge in [-0.3, -0.25) is 24.5 Å². The van der Waals surface area contributed by atoms with Crippen molar-refractivity contribution in [2.75, 3.05) is 4.90 Å². The zero-order valence-electron chi connectivity index (χ0n) is 24.4. The molecule has 2 saturated carbocycles. The Hall–Kier alpha value is -3.98. The summed E-state index contributed by atoms with van der Waals surface area (Å²) in [7, 11) is 0. The fourth-order valence-corrected chi connectivity index (χ4v) is 6.49. The van der Waals surface area contributed by atoms with Crippen LogP contribution in [0.1, 0.15) is 90.7 Å². The summed E-state index contributed by atoms with van der Waals surface area (Å²) in [5.74, 6) is -0.0290. The molecule has 0 bridgehead atoms. The number of carbonyl (C=O) groups excluding carboxylic acids is 3. The molecule has 3 aromatic rings. The van der Waals surface area contributed by atoms with Gasteiger partial charge in [0.25, 0.3) is 11.8 Å². The van der Waals surface area contributed by atoms with Gasteiger partial charge in [0.2, 0.25) is 0 Å². The van der Waals surface area contributed by atoms with Crippen LogP contribution in [0.2, 0.25) is 5.02 Å². The molecular weight excluding hydrogens is 568 g/mol. The summed E-state index contributed by atoms with van der Waals surface area (Å²) in [5.41, 5.74) is 7.89. The van der Waals surface area contributed by atoms with E-state index in [2.05, 4.69) is 4.98 Å². The number of primary amides is 1. The molecular formula is C33H33ClN4O5. The molecule has 1 aromatic carbocycles. The molecule has 7 rings (SSSR count). The Labute approximate surface area is 254 Å². The number of rotatable bonds is 8. The van der Waals surface area contributed by atoms with Crippen LogP contribution in [-0.4, -0.2) is 33.4 Å². The zero-order valence-corrected chi connectivity index (χ0v) is 25.2. The van der Waals surface area contributed by atoms with Crippen LogP contribution in [0.4, 0.5) is 5.69 Å². The average molecular weight is 601 g/mol. The number of nitrogens with two attached hydrogens (primary N) is 1. The maximum atomic E-state index is 13.6. The fraction of sp³-hybridized carbons (Fsp3) is 0.424. The van der Waals surface area contributed by atoms with Crippen molar-refractivity contribution in [3.8, 4) is 16.9 Å². The van der Waals surface area contributed by atoms with Crippen molar-refractivity contribution in [3.05, 3.63) is 69.8 Å². The number of benzene rings is 1. The van der Waals surface area contributed by atoms with Crippen LogP contribution in [0.15, 0.2) is 36.5 Å². The first-order valence-electron chi connectivity index (χ1n) is 14.8. The largest absolute Gasteiger partial charge is 0.476 e. The van der Waals surface area contributed by atoms with E-state index in [1.807, 2.05) is 6.92 Å². The van der Waals surface area contributed by atoms with Crippen LogP contribution < -0.4 is 15.4 Å². The van der Waals surface area contributed by atoms with E-state index in [0.29, 0.717) is 69.3 Å². The molecule has 0 radical (unpaired) electrons. The molecule has 1 atom stereocenters. The highest BCUT2D eigenvalue weighted by atomic mass is 35.5. The highest BCUT2D eigenvalue weighted by Gasteiger charge is 2.49. The van der Waals surface area contributed by atoms with Gasteiger partial charge in [0.15, 0.2) is 11.2 Å². The van der Waals surface area contributed by atoms with Gasteiger partial charge in [0.1, 0.15) is 5.75 Å². The van der Waals surface area contributed by atoms with Crippen molar-refractivity contribution in [1.29, 1.82) is 0 Å². The number of amides is 2. The lowest BCUT2D eigenvalue weighted by molar-refractivity contribution is -0.132. The van der Waals surface area contributed by atoms with Crippen molar-refractivity contribution in [2.24, 2.45) is 17.6 Å². The number of hydrogen-bond donors (Lipinski definition) is 1. The van der Waals surface area contributed by atoms with E-state index in [-0.39, 0.29) is 23.6 Å². The number of nitrogens with zero attached hydrogens (tertiary/aromatic N) is 3. The average Bonchev–Trinajstić information content (AvgIpc) is 3.88. The van der Waals surface area contributed by atoms with E-state index in [4.69, 9.17) is 31.8 Å².